The lowest BCUT2D eigenvalue weighted by atomic mass is 9.90. The number of fused-ring (bicyclic) bond motifs is 2. The van der Waals surface area contributed by atoms with Gasteiger partial charge in [0.05, 0.1) is 12.5 Å². The highest BCUT2D eigenvalue weighted by Crippen LogP contribution is 2.37. The molecule has 0 spiro atoms. The van der Waals surface area contributed by atoms with Gasteiger partial charge in [0.1, 0.15) is 0 Å². The second-order valence-electron chi connectivity index (χ2n) is 9.89. The van der Waals surface area contributed by atoms with Gasteiger partial charge < -0.3 is 10.6 Å². The Kier molecular flexibility index (Phi) is 7.69. The second kappa shape index (κ2) is 11.3. The molecule has 2 aliphatic rings. The summed E-state index contributed by atoms with van der Waals surface area (Å²) < 4.78 is 0. The van der Waals surface area contributed by atoms with Crippen LogP contribution in [0.5, 0.6) is 0 Å². The molecule has 5 nitrogen and oxygen atoms in total. The van der Waals surface area contributed by atoms with E-state index in [1.54, 1.807) is 0 Å². The maximum absolute atomic E-state index is 13.2. The fourth-order valence-corrected chi connectivity index (χ4v) is 5.91. The zero-order chi connectivity index (χ0) is 24.9. The summed E-state index contributed by atoms with van der Waals surface area (Å²) in [5, 5.41) is 6.83. The van der Waals surface area contributed by atoms with Crippen LogP contribution >= 0.6 is 11.6 Å². The smallest absolute Gasteiger partial charge is 0.239 e. The topological polar surface area (TPSA) is 61.4 Å². The third-order valence-electron chi connectivity index (χ3n) is 7.48. The molecule has 2 amide bonds. The molecule has 186 valence electrons. The molecule has 3 atom stereocenters. The van der Waals surface area contributed by atoms with E-state index in [1.165, 1.54) is 5.56 Å². The van der Waals surface area contributed by atoms with Crippen LogP contribution in [0, 0.1) is 0 Å². The van der Waals surface area contributed by atoms with Gasteiger partial charge in [-0.2, -0.15) is 0 Å². The molecule has 0 saturated carbocycles. The highest BCUT2D eigenvalue weighted by molar-refractivity contribution is 6.30. The molecule has 3 aromatic carbocycles. The maximum atomic E-state index is 13.2. The highest BCUT2D eigenvalue weighted by atomic mass is 35.5. The molecule has 2 aliphatic heterocycles. The zero-order valence-electron chi connectivity index (χ0n) is 20.3. The van der Waals surface area contributed by atoms with Crippen molar-refractivity contribution in [2.45, 2.75) is 56.3 Å². The average Bonchev–Trinajstić information content (AvgIpc) is 3.12. The average molecular weight is 502 g/mol. The minimum absolute atomic E-state index is 0.0185. The summed E-state index contributed by atoms with van der Waals surface area (Å²) in [4.78, 5) is 28.6. The highest BCUT2D eigenvalue weighted by Gasteiger charge is 2.40. The number of halogens is 1. The second-order valence-corrected chi connectivity index (χ2v) is 10.3. The van der Waals surface area contributed by atoms with Crippen LogP contribution in [0.25, 0.3) is 0 Å². The normalized spacial score (nSPS) is 21.3. The van der Waals surface area contributed by atoms with E-state index < -0.39 is 5.92 Å². The molecule has 2 N–H and O–H groups in total. The van der Waals surface area contributed by atoms with Crippen LogP contribution in [-0.4, -0.2) is 41.4 Å². The van der Waals surface area contributed by atoms with E-state index in [0.29, 0.717) is 12.1 Å². The van der Waals surface area contributed by atoms with Gasteiger partial charge in [-0.15, -0.1) is 0 Å². The molecule has 0 aromatic heterocycles. The van der Waals surface area contributed by atoms with Gasteiger partial charge in [0.2, 0.25) is 11.8 Å². The Morgan fingerprint density at radius 3 is 1.94 bits per heavy atom. The van der Waals surface area contributed by atoms with Crippen LogP contribution in [0.1, 0.15) is 48.3 Å². The van der Waals surface area contributed by atoms with Crippen LogP contribution in [-0.2, 0) is 16.1 Å². The van der Waals surface area contributed by atoms with Gasteiger partial charge in [-0.25, -0.2) is 0 Å². The molecule has 36 heavy (non-hydrogen) atoms. The van der Waals surface area contributed by atoms with Gasteiger partial charge in [0.15, 0.2) is 0 Å². The molecular formula is C30H32ClN3O2. The van der Waals surface area contributed by atoms with Crippen LogP contribution in [0.15, 0.2) is 84.9 Å². The lowest BCUT2D eigenvalue weighted by Crippen LogP contribution is -2.51. The van der Waals surface area contributed by atoms with Crippen molar-refractivity contribution in [3.8, 4) is 0 Å². The molecule has 0 aliphatic carbocycles. The number of nitrogens with zero attached hydrogens (tertiary/aromatic N) is 1. The van der Waals surface area contributed by atoms with Crippen molar-refractivity contribution in [1.82, 2.24) is 15.5 Å². The van der Waals surface area contributed by atoms with E-state index in [1.807, 2.05) is 72.8 Å². The summed E-state index contributed by atoms with van der Waals surface area (Å²) in [5.74, 6) is -0.744. The fraction of sp³-hybridized carbons (Fsp3) is 0.333. The first-order valence-electron chi connectivity index (χ1n) is 12.7. The van der Waals surface area contributed by atoms with Crippen molar-refractivity contribution in [2.75, 3.05) is 6.54 Å². The summed E-state index contributed by atoms with van der Waals surface area (Å²) in [6, 6.07) is 28.6. The summed E-state index contributed by atoms with van der Waals surface area (Å²) in [7, 11) is 0. The molecular weight excluding hydrogens is 470 g/mol. The van der Waals surface area contributed by atoms with E-state index in [9.17, 15) is 9.59 Å². The molecule has 2 heterocycles. The Labute approximate surface area is 217 Å². The predicted octanol–water partition coefficient (Wildman–Crippen LogP) is 4.90. The standard InChI is InChI=1S/C30H32ClN3O2/c31-24-13-11-21(12-14-24)20-34-26-15-16-27(34)18-25(17-26)33-28(35)19-32-30(36)29(22-7-3-1-4-8-22)23-9-5-2-6-10-23/h1-14,25-27,29H,15-20H2,(H,32,36)(H,33,35)/t25?,26-,27+. The van der Waals surface area contributed by atoms with Gasteiger partial charge in [0.25, 0.3) is 0 Å². The minimum Gasteiger partial charge on any atom is -0.352 e. The van der Waals surface area contributed by atoms with Gasteiger partial charge in [-0.3, -0.25) is 14.5 Å². The van der Waals surface area contributed by atoms with Crippen molar-refractivity contribution in [3.05, 3.63) is 107 Å². The van der Waals surface area contributed by atoms with Crippen molar-refractivity contribution < 1.29 is 9.59 Å². The Hall–Kier alpha value is -3.15. The van der Waals surface area contributed by atoms with Crippen molar-refractivity contribution >= 4 is 23.4 Å². The molecule has 2 bridgehead atoms. The van der Waals surface area contributed by atoms with E-state index >= 15 is 0 Å². The number of hydrogen-bond acceptors (Lipinski definition) is 3. The molecule has 5 rings (SSSR count). The lowest BCUT2D eigenvalue weighted by molar-refractivity contribution is -0.127. The maximum Gasteiger partial charge on any atom is 0.239 e. The lowest BCUT2D eigenvalue weighted by Gasteiger charge is -2.39. The summed E-state index contributed by atoms with van der Waals surface area (Å²) in [5.41, 5.74) is 3.09. The van der Waals surface area contributed by atoms with Crippen LogP contribution in [0.3, 0.4) is 0 Å². The number of nitrogens with one attached hydrogen (secondary N) is 2. The number of piperidine rings is 1. The van der Waals surface area contributed by atoms with Gasteiger partial charge in [-0.05, 0) is 54.5 Å². The number of carbonyl (C=O) groups is 2. The Morgan fingerprint density at radius 1 is 0.833 bits per heavy atom. The van der Waals surface area contributed by atoms with Gasteiger partial charge in [-0.1, -0.05) is 84.4 Å². The van der Waals surface area contributed by atoms with Crippen molar-refractivity contribution in [1.29, 1.82) is 0 Å². The fourth-order valence-electron chi connectivity index (χ4n) is 5.79. The Morgan fingerprint density at radius 2 is 1.39 bits per heavy atom. The third kappa shape index (κ3) is 5.80. The molecule has 6 heteroatoms. The van der Waals surface area contributed by atoms with Crippen molar-refractivity contribution in [3.63, 3.8) is 0 Å². The van der Waals surface area contributed by atoms with Crippen LogP contribution < -0.4 is 10.6 Å². The number of amides is 2. The van der Waals surface area contributed by atoms with Crippen LogP contribution in [0.4, 0.5) is 0 Å². The van der Waals surface area contributed by atoms with Gasteiger partial charge >= 0.3 is 0 Å². The molecule has 0 radical (unpaired) electrons. The molecule has 2 fully saturated rings. The Balaban J connectivity index is 1.15. The third-order valence-corrected chi connectivity index (χ3v) is 7.73. The van der Waals surface area contributed by atoms with E-state index in [2.05, 4.69) is 27.7 Å². The molecule has 3 aromatic rings. The summed E-state index contributed by atoms with van der Waals surface area (Å²) in [6.07, 6.45) is 4.22. The predicted molar refractivity (Wildman–Crippen MR) is 143 cm³/mol. The summed E-state index contributed by atoms with van der Waals surface area (Å²) >= 11 is 6.04. The number of benzene rings is 3. The quantitative estimate of drug-likeness (QED) is 0.461. The first kappa shape index (κ1) is 24.5. The SMILES string of the molecule is O=C(CNC(=O)C(c1ccccc1)c1ccccc1)NC1C[C@H]2CC[C@@H](C1)N2Cc1ccc(Cl)cc1. The minimum atomic E-state index is -0.452. The first-order chi connectivity index (χ1) is 17.6. The van der Waals surface area contributed by atoms with E-state index in [-0.39, 0.29) is 24.4 Å². The van der Waals surface area contributed by atoms with Gasteiger partial charge in [0, 0.05) is 29.7 Å². The molecule has 1 unspecified atom stereocenters. The molecule has 2 saturated heterocycles. The van der Waals surface area contributed by atoms with E-state index in [4.69, 9.17) is 11.6 Å². The van der Waals surface area contributed by atoms with Crippen LogP contribution in [0.2, 0.25) is 5.02 Å². The number of hydrogen-bond donors (Lipinski definition) is 2. The summed E-state index contributed by atoms with van der Waals surface area (Å²) in [6.45, 7) is 0.902. The Bertz CT molecular complexity index is 1120. The van der Waals surface area contributed by atoms with Crippen molar-refractivity contribution in [2.24, 2.45) is 0 Å². The number of rotatable bonds is 8. The zero-order valence-corrected chi connectivity index (χ0v) is 21.0. The van der Waals surface area contributed by atoms with E-state index in [0.717, 1.165) is 48.4 Å². The first-order valence-corrected chi connectivity index (χ1v) is 13.1. The monoisotopic (exact) mass is 501 g/mol. The number of carbonyl (C=O) groups excluding carboxylic acids is 2. The largest absolute Gasteiger partial charge is 0.352 e.